The number of rotatable bonds is 5. The lowest BCUT2D eigenvalue weighted by molar-refractivity contribution is -0.126. The van der Waals surface area contributed by atoms with Crippen molar-refractivity contribution in [3.8, 4) is 5.75 Å². The number of carbonyl (C=O) groups excluding carboxylic acids is 2. The molecule has 5 nitrogen and oxygen atoms in total. The largest absolute Gasteiger partial charge is 0.497 e. The van der Waals surface area contributed by atoms with Crippen molar-refractivity contribution in [2.45, 2.75) is 58.0 Å². The van der Waals surface area contributed by atoms with E-state index in [1.807, 2.05) is 17.0 Å². The first-order valence-corrected chi connectivity index (χ1v) is 10.9. The van der Waals surface area contributed by atoms with Crippen molar-refractivity contribution in [3.63, 3.8) is 0 Å². The molecule has 1 aliphatic carbocycles. The van der Waals surface area contributed by atoms with Crippen molar-refractivity contribution in [3.05, 3.63) is 59.2 Å². The highest BCUT2D eigenvalue weighted by atomic mass is 16.5. The molecule has 1 heterocycles. The monoisotopic (exact) mass is 406 g/mol. The van der Waals surface area contributed by atoms with E-state index in [0.717, 1.165) is 49.1 Å². The summed E-state index contributed by atoms with van der Waals surface area (Å²) in [4.78, 5) is 27.6. The zero-order valence-corrected chi connectivity index (χ0v) is 17.8. The fourth-order valence-corrected chi connectivity index (χ4v) is 4.64. The molecular weight excluding hydrogens is 376 g/mol. The molecule has 0 bridgehead atoms. The summed E-state index contributed by atoms with van der Waals surface area (Å²) in [6.45, 7) is 2.58. The van der Waals surface area contributed by atoms with Crippen LogP contribution in [0.5, 0.6) is 5.75 Å². The van der Waals surface area contributed by atoms with Crippen molar-refractivity contribution in [1.29, 1.82) is 0 Å². The molecular formula is C25H30N2O3. The molecule has 1 fully saturated rings. The van der Waals surface area contributed by atoms with Crippen molar-refractivity contribution in [1.82, 2.24) is 5.32 Å². The Balaban J connectivity index is 1.48. The number of nitrogens with zero attached hydrogens (tertiary/aromatic N) is 1. The van der Waals surface area contributed by atoms with Gasteiger partial charge in [0.15, 0.2) is 0 Å². The van der Waals surface area contributed by atoms with Crippen LogP contribution in [0.2, 0.25) is 0 Å². The number of ether oxygens (including phenoxy) is 1. The predicted molar refractivity (Wildman–Crippen MR) is 118 cm³/mol. The third kappa shape index (κ3) is 4.20. The van der Waals surface area contributed by atoms with Crippen LogP contribution in [-0.4, -0.2) is 25.0 Å². The van der Waals surface area contributed by atoms with Gasteiger partial charge in [0.2, 0.25) is 5.91 Å². The van der Waals surface area contributed by atoms with E-state index in [2.05, 4.69) is 30.4 Å². The highest BCUT2D eigenvalue weighted by Crippen LogP contribution is 2.34. The Morgan fingerprint density at radius 1 is 1.07 bits per heavy atom. The Kier molecular flexibility index (Phi) is 6.07. The Morgan fingerprint density at radius 3 is 2.50 bits per heavy atom. The van der Waals surface area contributed by atoms with Crippen LogP contribution < -0.4 is 15.0 Å². The number of methoxy groups -OCH3 is 1. The first kappa shape index (κ1) is 20.5. The van der Waals surface area contributed by atoms with Gasteiger partial charge in [-0.1, -0.05) is 31.4 Å². The van der Waals surface area contributed by atoms with Crippen LogP contribution in [0.25, 0.3) is 0 Å². The number of amides is 2. The fourth-order valence-electron chi connectivity index (χ4n) is 4.64. The zero-order chi connectivity index (χ0) is 21.1. The second kappa shape index (κ2) is 8.90. The molecule has 0 radical (unpaired) electrons. The Morgan fingerprint density at radius 2 is 1.80 bits per heavy atom. The maximum atomic E-state index is 13.2. The van der Waals surface area contributed by atoms with Gasteiger partial charge in [-0.25, -0.2) is 0 Å². The van der Waals surface area contributed by atoms with Crippen LogP contribution in [0, 0.1) is 5.92 Å². The van der Waals surface area contributed by atoms with Crippen molar-refractivity contribution >= 4 is 17.5 Å². The number of hydrogen-bond donors (Lipinski definition) is 1. The molecule has 0 spiro atoms. The maximum Gasteiger partial charge on any atom is 0.258 e. The van der Waals surface area contributed by atoms with E-state index in [1.165, 1.54) is 12.0 Å². The van der Waals surface area contributed by atoms with Gasteiger partial charge in [-0.05, 0) is 67.6 Å². The number of anilines is 1. The molecule has 2 amide bonds. The normalized spacial score (nSPS) is 18.7. The lowest BCUT2D eigenvalue weighted by Gasteiger charge is -2.23. The first-order chi connectivity index (χ1) is 14.6. The molecule has 1 atom stereocenters. The summed E-state index contributed by atoms with van der Waals surface area (Å²) < 4.78 is 5.20. The second-order valence-corrected chi connectivity index (χ2v) is 8.47. The van der Waals surface area contributed by atoms with E-state index < -0.39 is 0 Å². The average molecular weight is 407 g/mol. The van der Waals surface area contributed by atoms with Crippen molar-refractivity contribution in [2.75, 3.05) is 12.0 Å². The van der Waals surface area contributed by atoms with E-state index in [9.17, 15) is 9.59 Å². The third-order valence-corrected chi connectivity index (χ3v) is 6.36. The van der Waals surface area contributed by atoms with Crippen molar-refractivity contribution < 1.29 is 14.3 Å². The van der Waals surface area contributed by atoms with E-state index in [0.29, 0.717) is 12.1 Å². The summed E-state index contributed by atoms with van der Waals surface area (Å²) in [5.41, 5.74) is 3.80. The highest BCUT2D eigenvalue weighted by Gasteiger charge is 2.32. The van der Waals surface area contributed by atoms with Crippen LogP contribution in [0.4, 0.5) is 5.69 Å². The minimum Gasteiger partial charge on any atom is -0.497 e. The van der Waals surface area contributed by atoms with E-state index in [-0.39, 0.29) is 23.8 Å². The number of carbonyl (C=O) groups is 2. The molecule has 1 saturated carbocycles. The number of hydrogen-bond acceptors (Lipinski definition) is 3. The Labute approximate surface area is 178 Å². The maximum absolute atomic E-state index is 13.2. The van der Waals surface area contributed by atoms with Gasteiger partial charge >= 0.3 is 0 Å². The lowest BCUT2D eigenvalue weighted by atomic mass is 9.88. The van der Waals surface area contributed by atoms with Gasteiger partial charge < -0.3 is 15.0 Å². The number of fused-ring (bicyclic) bond motifs is 1. The molecule has 0 saturated heterocycles. The van der Waals surface area contributed by atoms with Crippen molar-refractivity contribution in [2.24, 2.45) is 5.92 Å². The SMILES string of the molecule is COc1ccc(C(=O)N2c3cc(CNC(=O)C4CCCCC4)ccc3C[C@H]2C)cc1. The number of benzene rings is 2. The van der Waals surface area contributed by atoms with Gasteiger partial charge in [0.1, 0.15) is 5.75 Å². The predicted octanol–water partition coefficient (Wildman–Crippen LogP) is 4.48. The average Bonchev–Trinajstić information content (AvgIpc) is 3.12. The van der Waals surface area contributed by atoms with Gasteiger partial charge in [-0.3, -0.25) is 9.59 Å². The molecule has 2 aromatic rings. The summed E-state index contributed by atoms with van der Waals surface area (Å²) in [5, 5.41) is 3.10. The van der Waals surface area contributed by atoms with Gasteiger partial charge in [-0.2, -0.15) is 0 Å². The van der Waals surface area contributed by atoms with E-state index in [4.69, 9.17) is 4.74 Å². The van der Waals surface area contributed by atoms with Crippen LogP contribution in [0.15, 0.2) is 42.5 Å². The number of nitrogens with one attached hydrogen (secondary N) is 1. The quantitative estimate of drug-likeness (QED) is 0.796. The molecule has 0 aromatic heterocycles. The van der Waals surface area contributed by atoms with E-state index in [1.54, 1.807) is 19.2 Å². The minimum atomic E-state index is -0.00713. The standard InChI is InChI=1S/C25H30N2O3/c1-17-14-21-9-8-18(16-26-24(28)19-6-4-3-5-7-19)15-23(21)27(17)25(29)20-10-12-22(30-2)13-11-20/h8-13,15,17,19H,3-7,14,16H2,1-2H3,(H,26,28)/t17-/m1/s1. The van der Waals surface area contributed by atoms with Gasteiger partial charge in [0.05, 0.1) is 7.11 Å². The molecule has 30 heavy (non-hydrogen) atoms. The highest BCUT2D eigenvalue weighted by molar-refractivity contribution is 6.07. The molecule has 0 unspecified atom stereocenters. The summed E-state index contributed by atoms with van der Waals surface area (Å²) in [6.07, 6.45) is 6.38. The smallest absolute Gasteiger partial charge is 0.258 e. The lowest BCUT2D eigenvalue weighted by Crippen LogP contribution is -2.35. The molecule has 158 valence electrons. The topological polar surface area (TPSA) is 58.6 Å². The van der Waals surface area contributed by atoms with Crippen LogP contribution >= 0.6 is 0 Å². The minimum absolute atomic E-state index is 0.00713. The molecule has 2 aromatic carbocycles. The molecule has 1 aliphatic heterocycles. The zero-order valence-electron chi connectivity index (χ0n) is 17.8. The summed E-state index contributed by atoms with van der Waals surface area (Å²) >= 11 is 0. The van der Waals surface area contributed by atoms with Crippen LogP contribution in [0.3, 0.4) is 0 Å². The fraction of sp³-hybridized carbons (Fsp3) is 0.440. The van der Waals surface area contributed by atoms with Gasteiger partial charge in [0.25, 0.3) is 5.91 Å². The summed E-state index contributed by atoms with van der Waals surface area (Å²) in [6, 6.07) is 13.5. The van der Waals surface area contributed by atoms with Crippen LogP contribution in [0.1, 0.15) is 60.5 Å². The van der Waals surface area contributed by atoms with E-state index >= 15 is 0 Å². The van der Waals surface area contributed by atoms with Gasteiger partial charge in [0, 0.05) is 29.8 Å². The van der Waals surface area contributed by atoms with Gasteiger partial charge in [-0.15, -0.1) is 0 Å². The second-order valence-electron chi connectivity index (χ2n) is 8.47. The van der Waals surface area contributed by atoms with Crippen LogP contribution in [-0.2, 0) is 17.8 Å². The first-order valence-electron chi connectivity index (χ1n) is 10.9. The molecule has 5 heteroatoms. The third-order valence-electron chi connectivity index (χ3n) is 6.36. The molecule has 4 rings (SSSR count). The molecule has 1 N–H and O–H groups in total. The summed E-state index contributed by atoms with van der Waals surface area (Å²) in [7, 11) is 1.62. The Hall–Kier alpha value is -2.82. The summed E-state index contributed by atoms with van der Waals surface area (Å²) in [5.74, 6) is 1.04. The molecule has 2 aliphatic rings. The Bertz CT molecular complexity index is 916.